The number of esters is 1. The van der Waals surface area contributed by atoms with Gasteiger partial charge in [0.05, 0.1) is 23.3 Å². The largest absolute Gasteiger partial charge is 0.465 e. The molecule has 0 amide bonds. The third-order valence-corrected chi connectivity index (χ3v) is 5.86. The predicted octanol–water partition coefficient (Wildman–Crippen LogP) is 6.26. The van der Waals surface area contributed by atoms with E-state index in [2.05, 4.69) is 41.4 Å². The fourth-order valence-electron chi connectivity index (χ4n) is 3.21. The van der Waals surface area contributed by atoms with Crippen LogP contribution in [0.2, 0.25) is 24.7 Å². The number of halogens is 2. The monoisotopic (exact) mass is 457 g/mol. The van der Waals surface area contributed by atoms with Gasteiger partial charge in [-0.3, -0.25) is 5.01 Å². The van der Waals surface area contributed by atoms with Crippen molar-refractivity contribution in [1.82, 2.24) is 5.01 Å². The van der Waals surface area contributed by atoms with Crippen LogP contribution in [-0.4, -0.2) is 39.3 Å². The van der Waals surface area contributed by atoms with E-state index in [0.717, 1.165) is 25.9 Å². The molecule has 0 aliphatic carbocycles. The maximum Gasteiger partial charge on any atom is 0.338 e. The second-order valence-electron chi connectivity index (χ2n) is 8.36. The number of nitrogens with zero attached hydrogens (tertiary/aromatic N) is 3. The highest BCUT2D eigenvalue weighted by Gasteiger charge is 2.24. The average molecular weight is 458 g/mol. The molecule has 1 saturated heterocycles. The van der Waals surface area contributed by atoms with E-state index >= 15 is 0 Å². The van der Waals surface area contributed by atoms with Gasteiger partial charge in [0.2, 0.25) is 0 Å². The lowest BCUT2D eigenvalue weighted by Crippen LogP contribution is -2.16. The molecule has 0 unspecified atom stereocenters. The van der Waals surface area contributed by atoms with Gasteiger partial charge in [0, 0.05) is 18.7 Å². The summed E-state index contributed by atoms with van der Waals surface area (Å²) in [7, 11) is -0.449. The van der Waals surface area contributed by atoms with E-state index in [1.165, 1.54) is 25.3 Å². The molecule has 5 nitrogen and oxygen atoms in total. The Labute approximate surface area is 188 Å². The van der Waals surface area contributed by atoms with Gasteiger partial charge in [0.15, 0.2) is 0 Å². The molecule has 31 heavy (non-hydrogen) atoms. The fraction of sp³-hybridized carbons (Fsp3) is 0.348. The van der Waals surface area contributed by atoms with Gasteiger partial charge >= 0.3 is 5.97 Å². The molecule has 3 rings (SSSR count). The third kappa shape index (κ3) is 5.72. The van der Waals surface area contributed by atoms with Crippen molar-refractivity contribution in [3.8, 4) is 22.6 Å². The van der Waals surface area contributed by atoms with Crippen molar-refractivity contribution >= 4 is 31.3 Å². The van der Waals surface area contributed by atoms with E-state index in [1.54, 1.807) is 12.1 Å². The number of carbonyl (C=O) groups excluding carboxylic acids is 1. The van der Waals surface area contributed by atoms with Crippen LogP contribution < -0.4 is 0 Å². The van der Waals surface area contributed by atoms with E-state index in [4.69, 9.17) is 16.3 Å². The van der Waals surface area contributed by atoms with E-state index in [1.807, 2.05) is 5.01 Å². The average Bonchev–Trinajstić information content (AvgIpc) is 3.23. The molecule has 8 heteroatoms. The molecular weight excluding hydrogens is 433 g/mol. The van der Waals surface area contributed by atoms with Crippen LogP contribution in [0.3, 0.4) is 0 Å². The van der Waals surface area contributed by atoms with Gasteiger partial charge < -0.3 is 4.74 Å². The molecule has 1 aliphatic rings. The van der Waals surface area contributed by atoms with Crippen LogP contribution in [0.4, 0.5) is 10.1 Å². The lowest BCUT2D eigenvalue weighted by atomic mass is 9.94. The molecule has 1 fully saturated rings. The van der Waals surface area contributed by atoms with E-state index < -0.39 is 19.9 Å². The molecule has 2 aromatic carbocycles. The highest BCUT2D eigenvalue weighted by atomic mass is 35.5. The zero-order chi connectivity index (χ0) is 22.6. The molecule has 0 atom stereocenters. The zero-order valence-electron chi connectivity index (χ0n) is 18.1. The van der Waals surface area contributed by atoms with Crippen LogP contribution in [0.1, 0.15) is 28.8 Å². The molecule has 0 saturated carbocycles. The van der Waals surface area contributed by atoms with Crippen LogP contribution in [0, 0.1) is 17.3 Å². The van der Waals surface area contributed by atoms with Crippen molar-refractivity contribution < 1.29 is 13.9 Å². The molecule has 0 spiro atoms. The highest BCUT2D eigenvalue weighted by molar-refractivity contribution is 6.83. The minimum Gasteiger partial charge on any atom is -0.465 e. The first-order valence-corrected chi connectivity index (χ1v) is 14.0. The van der Waals surface area contributed by atoms with Gasteiger partial charge in [0.25, 0.3) is 0 Å². The number of hydrogen-bond donors (Lipinski definition) is 0. The molecule has 162 valence electrons. The summed E-state index contributed by atoms with van der Waals surface area (Å²) < 4.78 is 19.1. The summed E-state index contributed by atoms with van der Waals surface area (Å²) in [6.45, 7) is 7.97. The Balaban J connectivity index is 2.34. The summed E-state index contributed by atoms with van der Waals surface area (Å²) in [4.78, 5) is 12.6. The maximum absolute atomic E-state index is 14.1. The van der Waals surface area contributed by atoms with Gasteiger partial charge in [-0.15, -0.1) is 10.7 Å². The predicted molar refractivity (Wildman–Crippen MR) is 124 cm³/mol. The Morgan fingerprint density at radius 2 is 1.94 bits per heavy atom. The molecular formula is C23H25ClFN3O2Si. The van der Waals surface area contributed by atoms with Crippen molar-refractivity contribution in [2.24, 2.45) is 10.3 Å². The number of carbonyl (C=O) groups is 1. The summed E-state index contributed by atoms with van der Waals surface area (Å²) in [5.41, 5.74) is 5.18. The van der Waals surface area contributed by atoms with Crippen molar-refractivity contribution in [2.75, 3.05) is 20.2 Å². The van der Waals surface area contributed by atoms with Gasteiger partial charge in [-0.25, -0.2) is 9.18 Å². The number of methoxy groups -OCH3 is 1. The van der Waals surface area contributed by atoms with Crippen LogP contribution in [0.25, 0.3) is 11.1 Å². The Hall–Kier alpha value is -2.69. The topological polar surface area (TPSA) is 54.3 Å². The Morgan fingerprint density at radius 3 is 2.55 bits per heavy atom. The highest BCUT2D eigenvalue weighted by Crippen LogP contribution is 2.41. The summed E-state index contributed by atoms with van der Waals surface area (Å²) in [5, 5.41) is 11.0. The second kappa shape index (κ2) is 9.63. The van der Waals surface area contributed by atoms with Crippen LogP contribution in [0.15, 0.2) is 40.7 Å². The zero-order valence-corrected chi connectivity index (χ0v) is 19.9. The molecule has 1 heterocycles. The first-order chi connectivity index (χ1) is 14.7. The van der Waals surface area contributed by atoms with Gasteiger partial charge in [0.1, 0.15) is 19.6 Å². The quantitative estimate of drug-likeness (QED) is 0.236. The summed E-state index contributed by atoms with van der Waals surface area (Å²) >= 11 is 6.57. The van der Waals surface area contributed by atoms with Crippen LogP contribution in [-0.2, 0) is 4.74 Å². The number of rotatable bonds is 4. The molecule has 0 aromatic heterocycles. The van der Waals surface area contributed by atoms with Crippen molar-refractivity contribution in [3.05, 3.63) is 52.3 Å². The minimum atomic E-state index is -1.74. The molecule has 0 N–H and O–H groups in total. The molecule has 0 bridgehead atoms. The van der Waals surface area contributed by atoms with Crippen molar-refractivity contribution in [2.45, 2.75) is 32.5 Å². The number of benzene rings is 2. The minimum absolute atomic E-state index is 0.187. The first kappa shape index (κ1) is 23.0. The normalized spacial score (nSPS) is 13.9. The van der Waals surface area contributed by atoms with E-state index in [0.29, 0.717) is 22.4 Å². The third-order valence-electron chi connectivity index (χ3n) is 4.69. The second-order valence-corrected chi connectivity index (χ2v) is 13.5. The van der Waals surface area contributed by atoms with Crippen LogP contribution in [0.5, 0.6) is 0 Å². The van der Waals surface area contributed by atoms with Crippen LogP contribution >= 0.6 is 11.6 Å². The van der Waals surface area contributed by atoms with Gasteiger partial charge in [-0.2, -0.15) is 0 Å². The summed E-state index contributed by atoms with van der Waals surface area (Å²) in [6, 6.07) is 7.49. The first-order valence-electron chi connectivity index (χ1n) is 10.1. The smallest absolute Gasteiger partial charge is 0.338 e. The standard InChI is InChI=1S/C23H25ClFN3O2Si/c1-30-23(29)19-15-20(24)18(10-13-31(2,3)4)22(26-27-28-11-5-6-12-28)21(19)16-8-7-9-17(25)14-16/h7-9,14-15H,5-6,11-12H2,1-4H3. The van der Waals surface area contributed by atoms with E-state index in [9.17, 15) is 9.18 Å². The summed E-state index contributed by atoms with van der Waals surface area (Å²) in [6.07, 6.45) is 2.09. The Kier molecular flexibility index (Phi) is 7.14. The molecule has 2 aromatic rings. The van der Waals surface area contributed by atoms with Crippen molar-refractivity contribution in [1.29, 1.82) is 0 Å². The number of hydrogen-bond acceptors (Lipinski definition) is 4. The maximum atomic E-state index is 14.1. The lowest BCUT2D eigenvalue weighted by molar-refractivity contribution is 0.0601. The Morgan fingerprint density at radius 1 is 1.23 bits per heavy atom. The van der Waals surface area contributed by atoms with Gasteiger partial charge in [-0.1, -0.05) is 54.5 Å². The summed E-state index contributed by atoms with van der Waals surface area (Å²) in [5.74, 6) is 2.14. The van der Waals surface area contributed by atoms with E-state index in [-0.39, 0.29) is 10.6 Å². The fourth-order valence-corrected chi connectivity index (χ4v) is 3.96. The van der Waals surface area contributed by atoms with Crippen molar-refractivity contribution in [3.63, 3.8) is 0 Å². The van der Waals surface area contributed by atoms with Gasteiger partial charge in [-0.05, 0) is 36.6 Å². The lowest BCUT2D eigenvalue weighted by Gasteiger charge is -2.16. The Bertz CT molecular complexity index is 1080. The number of ether oxygens (including phenoxy) is 1. The SMILES string of the molecule is COC(=O)c1cc(Cl)c(C#C[Si](C)(C)C)c(N=NN2CCCC2)c1-c1cccc(F)c1. The molecule has 0 radical (unpaired) electrons. The molecule has 1 aliphatic heterocycles.